The lowest BCUT2D eigenvalue weighted by molar-refractivity contribution is -0.115. The highest BCUT2D eigenvalue weighted by molar-refractivity contribution is 8.18. The quantitative estimate of drug-likeness (QED) is 0.240. The number of thioether (sulfide) groups is 1. The molecule has 204 valence electrons. The van der Waals surface area contributed by atoms with Gasteiger partial charge in [-0.25, -0.2) is 4.99 Å². The Labute approximate surface area is 254 Å². The molecule has 2 atom stereocenters. The molecule has 3 heterocycles. The molecule has 4 aromatic carbocycles. The van der Waals surface area contributed by atoms with E-state index in [-0.39, 0.29) is 5.91 Å². The van der Waals surface area contributed by atoms with Gasteiger partial charge in [0.05, 0.1) is 10.6 Å². The molecule has 0 spiro atoms. The fraction of sp³-hybridized carbons (Fsp3) is 0.176. The van der Waals surface area contributed by atoms with Crippen LogP contribution in [-0.2, 0) is 4.79 Å². The molecule has 0 unspecified atom stereocenters. The largest absolute Gasteiger partial charge is 0.371 e. The zero-order valence-electron chi connectivity index (χ0n) is 22.2. The number of halogens is 2. The Morgan fingerprint density at radius 1 is 0.805 bits per heavy atom. The van der Waals surface area contributed by atoms with Crippen LogP contribution in [0.1, 0.15) is 52.5 Å². The number of amidine groups is 1. The molecule has 1 fully saturated rings. The van der Waals surface area contributed by atoms with E-state index in [1.165, 1.54) is 39.7 Å². The van der Waals surface area contributed by atoms with Gasteiger partial charge in [0, 0.05) is 46.2 Å². The standard InChI is InChI=1S/C34H27Cl2N3OS/c35-29-12-7-13-30(36)28(29)20-31-33(40)38-34(41-31)37-23-18-26-24(21-8-3-1-4-9-21)14-16-39-17-15-25(27(19-23)32(26)39)22-10-5-2-6-11-22/h1-13,18-20,24-25H,14-17H2,(H,37,38,40)/b31-20-/t24-,25-/m1/s1. The lowest BCUT2D eigenvalue weighted by Gasteiger charge is -2.43. The summed E-state index contributed by atoms with van der Waals surface area (Å²) < 4.78 is 0. The van der Waals surface area contributed by atoms with Gasteiger partial charge in [0.25, 0.3) is 5.91 Å². The summed E-state index contributed by atoms with van der Waals surface area (Å²) in [6, 6.07) is 31.3. The average Bonchev–Trinajstić information content (AvgIpc) is 3.34. The first-order valence-corrected chi connectivity index (χ1v) is 15.4. The maximum atomic E-state index is 12.9. The molecule has 1 N–H and O–H groups in total. The van der Waals surface area contributed by atoms with Crippen molar-refractivity contribution in [1.29, 1.82) is 0 Å². The van der Waals surface area contributed by atoms with Crippen molar-refractivity contribution in [3.8, 4) is 0 Å². The van der Waals surface area contributed by atoms with E-state index in [9.17, 15) is 4.79 Å². The number of aliphatic imine (C=N–C) groups is 1. The van der Waals surface area contributed by atoms with Crippen LogP contribution in [0.4, 0.5) is 11.4 Å². The predicted molar refractivity (Wildman–Crippen MR) is 172 cm³/mol. The molecular weight excluding hydrogens is 569 g/mol. The van der Waals surface area contributed by atoms with Crippen molar-refractivity contribution in [2.24, 2.45) is 4.99 Å². The van der Waals surface area contributed by atoms with Crippen molar-refractivity contribution in [3.63, 3.8) is 0 Å². The molecule has 0 bridgehead atoms. The Morgan fingerprint density at radius 3 is 1.93 bits per heavy atom. The van der Waals surface area contributed by atoms with Crippen molar-refractivity contribution in [1.82, 2.24) is 5.32 Å². The maximum Gasteiger partial charge on any atom is 0.264 e. The van der Waals surface area contributed by atoms with E-state index in [2.05, 4.69) is 83.0 Å². The summed E-state index contributed by atoms with van der Waals surface area (Å²) in [7, 11) is 0. The molecule has 4 aromatic rings. The van der Waals surface area contributed by atoms with E-state index < -0.39 is 0 Å². The lowest BCUT2D eigenvalue weighted by atomic mass is 9.76. The third-order valence-corrected chi connectivity index (χ3v) is 9.73. The molecule has 7 rings (SSSR count). The van der Waals surface area contributed by atoms with Gasteiger partial charge in [0.1, 0.15) is 0 Å². The smallest absolute Gasteiger partial charge is 0.264 e. The summed E-state index contributed by atoms with van der Waals surface area (Å²) in [6.45, 7) is 2.08. The molecule has 1 saturated heterocycles. The number of hydrogen-bond donors (Lipinski definition) is 1. The molecule has 3 aliphatic rings. The topological polar surface area (TPSA) is 44.7 Å². The summed E-state index contributed by atoms with van der Waals surface area (Å²) in [5.74, 6) is 0.374. The van der Waals surface area contributed by atoms with Gasteiger partial charge in [-0.15, -0.1) is 0 Å². The highest BCUT2D eigenvalue weighted by Gasteiger charge is 2.35. The number of nitrogens with zero attached hydrogens (tertiary/aromatic N) is 2. The molecule has 0 aliphatic carbocycles. The van der Waals surface area contributed by atoms with Gasteiger partial charge in [-0.3, -0.25) is 4.79 Å². The summed E-state index contributed by atoms with van der Waals surface area (Å²) in [6.07, 6.45) is 3.85. The van der Waals surface area contributed by atoms with Crippen molar-refractivity contribution in [3.05, 3.63) is 134 Å². The summed E-state index contributed by atoms with van der Waals surface area (Å²) in [5.41, 5.74) is 8.11. The molecule has 41 heavy (non-hydrogen) atoms. The molecule has 0 aromatic heterocycles. The second-order valence-corrected chi connectivity index (χ2v) is 12.4. The van der Waals surface area contributed by atoms with E-state index in [4.69, 9.17) is 28.2 Å². The van der Waals surface area contributed by atoms with Gasteiger partial charge in [-0.1, -0.05) is 89.9 Å². The first kappa shape index (κ1) is 26.4. The summed E-state index contributed by atoms with van der Waals surface area (Å²) >= 11 is 14.0. The monoisotopic (exact) mass is 595 g/mol. The van der Waals surface area contributed by atoms with Crippen LogP contribution in [0.3, 0.4) is 0 Å². The minimum atomic E-state index is -0.209. The Kier molecular flexibility index (Phi) is 7.11. The third-order valence-electron chi connectivity index (χ3n) is 8.16. The van der Waals surface area contributed by atoms with Crippen LogP contribution in [0.15, 0.2) is 101 Å². The maximum absolute atomic E-state index is 12.9. The summed E-state index contributed by atoms with van der Waals surface area (Å²) in [4.78, 5) is 21.0. The second kappa shape index (κ2) is 11.1. The van der Waals surface area contributed by atoms with E-state index in [1.54, 1.807) is 24.3 Å². The number of carbonyl (C=O) groups is 1. The zero-order valence-corrected chi connectivity index (χ0v) is 24.5. The molecular formula is C34H27Cl2N3OS. The van der Waals surface area contributed by atoms with E-state index >= 15 is 0 Å². The van der Waals surface area contributed by atoms with E-state index in [0.29, 0.717) is 37.5 Å². The zero-order chi connectivity index (χ0) is 27.9. The van der Waals surface area contributed by atoms with Gasteiger partial charge in [0.15, 0.2) is 5.17 Å². The lowest BCUT2D eigenvalue weighted by Crippen LogP contribution is -2.37. The van der Waals surface area contributed by atoms with Gasteiger partial charge in [-0.2, -0.15) is 0 Å². The molecule has 0 saturated carbocycles. The minimum absolute atomic E-state index is 0.209. The van der Waals surface area contributed by atoms with Crippen LogP contribution >= 0.6 is 35.0 Å². The number of rotatable bonds is 4. The number of carbonyl (C=O) groups excluding carboxylic acids is 1. The number of hydrogen-bond acceptors (Lipinski definition) is 4. The van der Waals surface area contributed by atoms with Crippen LogP contribution in [0.2, 0.25) is 10.0 Å². The molecule has 7 heteroatoms. The van der Waals surface area contributed by atoms with Gasteiger partial charge >= 0.3 is 0 Å². The number of benzene rings is 4. The highest BCUT2D eigenvalue weighted by atomic mass is 35.5. The van der Waals surface area contributed by atoms with Crippen LogP contribution in [0, 0.1) is 0 Å². The fourth-order valence-corrected chi connectivity index (χ4v) is 7.61. The number of amides is 1. The van der Waals surface area contributed by atoms with E-state index in [1.807, 2.05) is 0 Å². The van der Waals surface area contributed by atoms with Crippen molar-refractivity contribution < 1.29 is 4.79 Å². The van der Waals surface area contributed by atoms with Crippen molar-refractivity contribution in [2.45, 2.75) is 24.7 Å². The predicted octanol–water partition coefficient (Wildman–Crippen LogP) is 8.76. The van der Waals surface area contributed by atoms with Crippen LogP contribution in [0.5, 0.6) is 0 Å². The van der Waals surface area contributed by atoms with Crippen molar-refractivity contribution >= 4 is 63.5 Å². The average molecular weight is 597 g/mol. The second-order valence-electron chi connectivity index (χ2n) is 10.6. The molecule has 0 radical (unpaired) electrons. The van der Waals surface area contributed by atoms with Gasteiger partial charge < -0.3 is 10.2 Å². The fourth-order valence-electron chi connectivity index (χ4n) is 6.28. The minimum Gasteiger partial charge on any atom is -0.371 e. The number of nitrogens with one attached hydrogen (secondary N) is 1. The van der Waals surface area contributed by atoms with E-state index in [0.717, 1.165) is 31.6 Å². The third kappa shape index (κ3) is 5.07. The van der Waals surface area contributed by atoms with Gasteiger partial charge in [0.2, 0.25) is 0 Å². The van der Waals surface area contributed by atoms with Crippen LogP contribution in [0.25, 0.3) is 6.08 Å². The van der Waals surface area contributed by atoms with Crippen LogP contribution in [-0.4, -0.2) is 24.2 Å². The Bertz CT molecular complexity index is 1610. The van der Waals surface area contributed by atoms with Gasteiger partial charge in [-0.05, 0) is 77.2 Å². The van der Waals surface area contributed by atoms with Crippen molar-refractivity contribution in [2.75, 3.05) is 18.0 Å². The first-order valence-electron chi connectivity index (χ1n) is 13.8. The summed E-state index contributed by atoms with van der Waals surface area (Å²) in [5, 5.41) is 4.50. The number of anilines is 1. The first-order chi connectivity index (χ1) is 20.0. The molecule has 4 nitrogen and oxygen atoms in total. The van der Waals surface area contributed by atoms with Crippen LogP contribution < -0.4 is 10.2 Å². The SMILES string of the molecule is O=C1NC(=Nc2cc3c4c(c2)[C@@H](c2ccccc2)CCN4CC[C@@H]3c2ccccc2)S/C1=C\c1c(Cl)cccc1Cl. The Morgan fingerprint density at radius 2 is 1.37 bits per heavy atom. The normalized spacial score (nSPS) is 21.7. The molecule has 3 aliphatic heterocycles. The Balaban J connectivity index is 1.32. The molecule has 1 amide bonds. The Hall–Kier alpha value is -3.51. The highest BCUT2D eigenvalue weighted by Crippen LogP contribution is 2.50.